The molecule has 0 unspecified atom stereocenters. The standard InChI is InChI=1S/C23H19Cl3N2O3/c1-14-3-6-17(19(25)9-14)23(29)28-27-12-15-5-8-21(22(11-15)30-2)31-13-16-4-7-18(24)20(26)10-16/h3-12H,13H2,1-2H3,(H,28,29)/b27-12-. The number of amides is 1. The molecule has 0 spiro atoms. The van der Waals surface area contributed by atoms with Crippen molar-refractivity contribution in [2.45, 2.75) is 13.5 Å². The summed E-state index contributed by atoms with van der Waals surface area (Å²) in [6.07, 6.45) is 1.51. The number of ether oxygens (including phenoxy) is 2. The van der Waals surface area contributed by atoms with E-state index < -0.39 is 5.91 Å². The SMILES string of the molecule is COc1cc(/C=N\NC(=O)c2ccc(C)cc2Cl)ccc1OCc1ccc(Cl)c(Cl)c1. The molecule has 3 aromatic rings. The van der Waals surface area contributed by atoms with Gasteiger partial charge in [-0.25, -0.2) is 5.43 Å². The first kappa shape index (κ1) is 22.9. The molecule has 31 heavy (non-hydrogen) atoms. The largest absolute Gasteiger partial charge is 0.493 e. The zero-order valence-corrected chi connectivity index (χ0v) is 19.1. The predicted molar refractivity (Wildman–Crippen MR) is 125 cm³/mol. The summed E-state index contributed by atoms with van der Waals surface area (Å²) in [5.41, 5.74) is 5.38. The van der Waals surface area contributed by atoms with E-state index in [0.717, 1.165) is 11.1 Å². The van der Waals surface area contributed by atoms with Crippen LogP contribution < -0.4 is 14.9 Å². The van der Waals surface area contributed by atoms with Crippen LogP contribution >= 0.6 is 34.8 Å². The molecular weight excluding hydrogens is 459 g/mol. The van der Waals surface area contributed by atoms with Crippen molar-refractivity contribution in [2.75, 3.05) is 7.11 Å². The summed E-state index contributed by atoms with van der Waals surface area (Å²) >= 11 is 18.1. The lowest BCUT2D eigenvalue weighted by molar-refractivity contribution is 0.0955. The van der Waals surface area contributed by atoms with Gasteiger partial charge in [0.15, 0.2) is 11.5 Å². The van der Waals surface area contributed by atoms with E-state index in [9.17, 15) is 4.79 Å². The lowest BCUT2D eigenvalue weighted by atomic mass is 10.1. The molecule has 0 saturated carbocycles. The minimum absolute atomic E-state index is 0.300. The van der Waals surface area contributed by atoms with E-state index in [1.807, 2.05) is 19.1 Å². The second-order valence-electron chi connectivity index (χ2n) is 6.63. The van der Waals surface area contributed by atoms with Crippen LogP contribution in [0.15, 0.2) is 59.7 Å². The number of nitrogens with one attached hydrogen (secondary N) is 1. The van der Waals surface area contributed by atoms with E-state index in [2.05, 4.69) is 10.5 Å². The molecule has 3 aromatic carbocycles. The maximum atomic E-state index is 12.2. The molecule has 0 atom stereocenters. The smallest absolute Gasteiger partial charge is 0.272 e. The third-order valence-electron chi connectivity index (χ3n) is 4.31. The number of hydrogen-bond donors (Lipinski definition) is 1. The van der Waals surface area contributed by atoms with E-state index >= 15 is 0 Å². The molecule has 0 aromatic heterocycles. The molecule has 0 aliphatic rings. The van der Waals surface area contributed by atoms with E-state index in [-0.39, 0.29) is 0 Å². The first-order valence-corrected chi connectivity index (χ1v) is 10.3. The van der Waals surface area contributed by atoms with Gasteiger partial charge in [0.25, 0.3) is 5.91 Å². The number of carbonyl (C=O) groups is 1. The fourth-order valence-corrected chi connectivity index (χ4v) is 3.35. The number of methoxy groups -OCH3 is 1. The van der Waals surface area contributed by atoms with Crippen LogP contribution in [0.5, 0.6) is 11.5 Å². The second-order valence-corrected chi connectivity index (χ2v) is 7.85. The average Bonchev–Trinajstić information content (AvgIpc) is 2.74. The van der Waals surface area contributed by atoms with E-state index in [4.69, 9.17) is 44.3 Å². The van der Waals surface area contributed by atoms with Gasteiger partial charge >= 0.3 is 0 Å². The van der Waals surface area contributed by atoms with Crippen molar-refractivity contribution in [3.05, 3.63) is 91.9 Å². The maximum Gasteiger partial charge on any atom is 0.272 e. The number of halogens is 3. The Kier molecular flexibility index (Phi) is 7.80. The highest BCUT2D eigenvalue weighted by Gasteiger charge is 2.10. The van der Waals surface area contributed by atoms with Gasteiger partial charge in [-0.1, -0.05) is 46.9 Å². The minimum atomic E-state index is -0.394. The van der Waals surface area contributed by atoms with Crippen LogP contribution in [0.2, 0.25) is 15.1 Å². The molecular formula is C23H19Cl3N2O3. The maximum absolute atomic E-state index is 12.2. The molecule has 0 heterocycles. The van der Waals surface area contributed by atoms with Gasteiger partial charge < -0.3 is 9.47 Å². The van der Waals surface area contributed by atoms with Crippen LogP contribution in [-0.2, 0) is 6.61 Å². The van der Waals surface area contributed by atoms with Crippen LogP contribution in [0, 0.1) is 6.92 Å². The fourth-order valence-electron chi connectivity index (χ4n) is 2.70. The lowest BCUT2D eigenvalue weighted by Gasteiger charge is -2.12. The molecule has 1 N–H and O–H groups in total. The van der Waals surface area contributed by atoms with Gasteiger partial charge in [-0.05, 0) is 66.1 Å². The highest BCUT2D eigenvalue weighted by Crippen LogP contribution is 2.29. The van der Waals surface area contributed by atoms with Gasteiger partial charge in [0.1, 0.15) is 6.61 Å². The van der Waals surface area contributed by atoms with Crippen LogP contribution in [0.3, 0.4) is 0 Å². The first-order valence-electron chi connectivity index (χ1n) is 9.21. The third-order valence-corrected chi connectivity index (χ3v) is 5.37. The first-order chi connectivity index (χ1) is 14.9. The van der Waals surface area contributed by atoms with Crippen molar-refractivity contribution < 1.29 is 14.3 Å². The Bertz CT molecular complexity index is 1130. The molecule has 0 aliphatic heterocycles. The fraction of sp³-hybridized carbons (Fsp3) is 0.130. The van der Waals surface area contributed by atoms with Crippen LogP contribution in [0.25, 0.3) is 0 Å². The van der Waals surface area contributed by atoms with Crippen molar-refractivity contribution >= 4 is 46.9 Å². The second kappa shape index (κ2) is 10.5. The minimum Gasteiger partial charge on any atom is -0.493 e. The van der Waals surface area contributed by atoms with Gasteiger partial charge in [-0.15, -0.1) is 0 Å². The van der Waals surface area contributed by atoms with Crippen LogP contribution in [-0.4, -0.2) is 19.2 Å². The summed E-state index contributed by atoms with van der Waals surface area (Å²) in [6.45, 7) is 2.20. The highest BCUT2D eigenvalue weighted by atomic mass is 35.5. The molecule has 0 bridgehead atoms. The number of rotatable bonds is 7. The van der Waals surface area contributed by atoms with Crippen LogP contribution in [0.1, 0.15) is 27.0 Å². The molecule has 0 aliphatic carbocycles. The van der Waals surface area contributed by atoms with Crippen LogP contribution in [0.4, 0.5) is 0 Å². The Labute approximate surface area is 195 Å². The average molecular weight is 478 g/mol. The summed E-state index contributed by atoms with van der Waals surface area (Å²) in [6, 6.07) is 15.8. The number of nitrogens with zero attached hydrogens (tertiary/aromatic N) is 1. The van der Waals surface area contributed by atoms with Gasteiger partial charge in [0.2, 0.25) is 0 Å². The van der Waals surface area contributed by atoms with E-state index in [1.54, 1.807) is 49.6 Å². The highest BCUT2D eigenvalue weighted by molar-refractivity contribution is 6.42. The Morgan fingerprint density at radius 2 is 1.77 bits per heavy atom. The zero-order valence-electron chi connectivity index (χ0n) is 16.8. The van der Waals surface area contributed by atoms with E-state index in [1.165, 1.54) is 6.21 Å². The number of benzene rings is 3. The Hall–Kier alpha value is -2.73. The number of hydrogen-bond acceptors (Lipinski definition) is 4. The van der Waals surface area contributed by atoms with E-state index in [0.29, 0.717) is 44.3 Å². The molecule has 5 nitrogen and oxygen atoms in total. The van der Waals surface area contributed by atoms with Gasteiger partial charge in [-0.2, -0.15) is 5.10 Å². The summed E-state index contributed by atoms with van der Waals surface area (Å²) in [5, 5.41) is 5.32. The molecule has 8 heteroatoms. The monoisotopic (exact) mass is 476 g/mol. The predicted octanol–water partition coefficient (Wildman–Crippen LogP) is 6.31. The Morgan fingerprint density at radius 1 is 0.968 bits per heavy atom. The number of carbonyl (C=O) groups excluding carboxylic acids is 1. The molecule has 0 radical (unpaired) electrons. The van der Waals surface area contributed by atoms with Crippen molar-refractivity contribution in [2.24, 2.45) is 5.10 Å². The topological polar surface area (TPSA) is 59.9 Å². The Morgan fingerprint density at radius 3 is 2.48 bits per heavy atom. The quantitative estimate of drug-likeness (QED) is 0.320. The van der Waals surface area contributed by atoms with Crippen molar-refractivity contribution in [3.63, 3.8) is 0 Å². The van der Waals surface area contributed by atoms with Gasteiger partial charge in [0, 0.05) is 0 Å². The molecule has 0 fully saturated rings. The Balaban J connectivity index is 1.64. The normalized spacial score (nSPS) is 10.9. The van der Waals surface area contributed by atoms with Crippen molar-refractivity contribution in [1.82, 2.24) is 5.43 Å². The van der Waals surface area contributed by atoms with Gasteiger partial charge in [-0.3, -0.25) is 4.79 Å². The summed E-state index contributed by atoms with van der Waals surface area (Å²) < 4.78 is 11.2. The summed E-state index contributed by atoms with van der Waals surface area (Å²) in [4.78, 5) is 12.2. The number of aryl methyl sites for hydroxylation is 1. The van der Waals surface area contributed by atoms with Gasteiger partial charge in [0.05, 0.1) is 34.0 Å². The number of hydrazone groups is 1. The zero-order chi connectivity index (χ0) is 22.4. The third kappa shape index (κ3) is 6.14. The molecule has 0 saturated heterocycles. The molecule has 160 valence electrons. The van der Waals surface area contributed by atoms with Crippen molar-refractivity contribution in [3.8, 4) is 11.5 Å². The molecule has 1 amide bonds. The summed E-state index contributed by atoms with van der Waals surface area (Å²) in [7, 11) is 1.55. The summed E-state index contributed by atoms with van der Waals surface area (Å²) in [5.74, 6) is 0.688. The molecule has 3 rings (SSSR count). The van der Waals surface area contributed by atoms with Crippen molar-refractivity contribution in [1.29, 1.82) is 0 Å². The lowest BCUT2D eigenvalue weighted by Crippen LogP contribution is -2.18.